The van der Waals surface area contributed by atoms with Gasteiger partial charge in [0.2, 0.25) is 5.88 Å². The Bertz CT molecular complexity index is 1280. The minimum atomic E-state index is -0.721. The van der Waals surface area contributed by atoms with Crippen LogP contribution >= 0.6 is 0 Å². The maximum atomic E-state index is 11.2. The van der Waals surface area contributed by atoms with Crippen LogP contribution in [-0.4, -0.2) is 20.6 Å². The lowest BCUT2D eigenvalue weighted by atomic mass is 10.2. The van der Waals surface area contributed by atoms with E-state index in [1.165, 1.54) is 12.3 Å². The van der Waals surface area contributed by atoms with Crippen LogP contribution in [0.15, 0.2) is 33.8 Å². The van der Waals surface area contributed by atoms with Gasteiger partial charge in [0.05, 0.1) is 22.1 Å². The minimum Gasteiger partial charge on any atom is -0.443 e. The predicted molar refractivity (Wildman–Crippen MR) is 113 cm³/mol. The fraction of sp³-hybridized carbons (Fsp3) is 0.200. The third-order valence-electron chi connectivity index (χ3n) is 4.93. The van der Waals surface area contributed by atoms with Crippen molar-refractivity contribution in [1.82, 2.24) is 4.57 Å². The maximum absolute atomic E-state index is 11.2. The van der Waals surface area contributed by atoms with E-state index in [1.54, 1.807) is 11.5 Å². The van der Waals surface area contributed by atoms with E-state index in [9.17, 15) is 25.5 Å². The maximum Gasteiger partial charge on any atom is 0.301 e. The van der Waals surface area contributed by atoms with Gasteiger partial charge in [-0.15, -0.1) is 0 Å². The summed E-state index contributed by atoms with van der Waals surface area (Å²) in [5, 5.41) is 35.6. The second kappa shape index (κ2) is 8.11. The molecule has 2 aromatic heterocycles. The van der Waals surface area contributed by atoms with Crippen LogP contribution in [0, 0.1) is 59.3 Å². The molecule has 31 heavy (non-hydrogen) atoms. The average molecular weight is 422 g/mol. The third-order valence-corrected chi connectivity index (χ3v) is 4.93. The number of benzene rings is 1. The molecule has 0 aliphatic carbocycles. The Morgan fingerprint density at radius 3 is 2.48 bits per heavy atom. The van der Waals surface area contributed by atoms with Crippen LogP contribution in [0.2, 0.25) is 0 Å². The molecule has 11 nitrogen and oxygen atoms in total. The summed E-state index contributed by atoms with van der Waals surface area (Å²) in [7, 11) is 0. The lowest BCUT2D eigenvalue weighted by Gasteiger charge is -2.06. The first kappa shape index (κ1) is 21.3. The number of hydrogen-bond acceptors (Lipinski definition) is 8. The first-order valence-electron chi connectivity index (χ1n) is 9.07. The zero-order chi connectivity index (χ0) is 22.9. The van der Waals surface area contributed by atoms with Gasteiger partial charge in [-0.1, -0.05) is 0 Å². The minimum absolute atomic E-state index is 0.0182. The van der Waals surface area contributed by atoms with E-state index >= 15 is 0 Å². The lowest BCUT2D eigenvalue weighted by molar-refractivity contribution is -0.393. The summed E-state index contributed by atoms with van der Waals surface area (Å²) >= 11 is 0. The molecule has 2 heterocycles. The number of rotatable bonds is 6. The Labute approximate surface area is 176 Å². The van der Waals surface area contributed by atoms with Crippen LogP contribution in [0.1, 0.15) is 33.8 Å². The largest absolute Gasteiger partial charge is 0.443 e. The number of nitrogens with zero attached hydrogens (tertiary/aromatic N) is 5. The summed E-state index contributed by atoms with van der Waals surface area (Å²) < 4.78 is 7.59. The van der Waals surface area contributed by atoms with Crippen molar-refractivity contribution in [3.63, 3.8) is 0 Å². The van der Waals surface area contributed by atoms with Crippen molar-refractivity contribution in [2.45, 2.75) is 27.7 Å². The van der Waals surface area contributed by atoms with Gasteiger partial charge in [0.1, 0.15) is 23.1 Å². The Hall–Kier alpha value is -4.46. The summed E-state index contributed by atoms with van der Waals surface area (Å²) in [6.45, 7) is 7.29. The molecule has 0 radical (unpaired) electrons. The lowest BCUT2D eigenvalue weighted by Crippen LogP contribution is -2.01. The van der Waals surface area contributed by atoms with E-state index in [0.717, 1.165) is 29.1 Å². The first-order chi connectivity index (χ1) is 14.6. The van der Waals surface area contributed by atoms with Crippen LogP contribution in [0.25, 0.3) is 5.88 Å². The van der Waals surface area contributed by atoms with E-state index in [-0.39, 0.29) is 11.4 Å². The quantitative estimate of drug-likeness (QED) is 0.350. The first-order valence-corrected chi connectivity index (χ1v) is 9.07. The summed E-state index contributed by atoms with van der Waals surface area (Å²) in [4.78, 5) is 20.6. The van der Waals surface area contributed by atoms with Gasteiger partial charge >= 0.3 is 5.69 Å². The molecule has 1 aromatic carbocycles. The molecular formula is C20H18N6O5. The van der Waals surface area contributed by atoms with Gasteiger partial charge in [0, 0.05) is 28.6 Å². The number of nitrogens with one attached hydrogen (secondary N) is 1. The highest BCUT2D eigenvalue weighted by Gasteiger charge is 2.21. The number of nitro groups is 2. The van der Waals surface area contributed by atoms with Gasteiger partial charge in [-0.25, -0.2) is 0 Å². The third kappa shape index (κ3) is 3.86. The van der Waals surface area contributed by atoms with Gasteiger partial charge < -0.3 is 4.42 Å². The zero-order valence-corrected chi connectivity index (χ0v) is 17.2. The van der Waals surface area contributed by atoms with Crippen LogP contribution in [0.4, 0.5) is 17.1 Å². The number of hydrogen-bond donors (Lipinski definition) is 1. The van der Waals surface area contributed by atoms with E-state index in [1.807, 2.05) is 26.8 Å². The number of aromatic nitrogens is 1. The molecule has 3 aromatic rings. The van der Waals surface area contributed by atoms with Gasteiger partial charge in [-0.05, 0) is 39.8 Å². The second-order valence-corrected chi connectivity index (χ2v) is 6.82. The van der Waals surface area contributed by atoms with Crippen molar-refractivity contribution >= 4 is 23.3 Å². The fourth-order valence-corrected chi connectivity index (χ4v) is 3.18. The van der Waals surface area contributed by atoms with E-state index < -0.39 is 15.5 Å². The molecule has 0 spiro atoms. The summed E-state index contributed by atoms with van der Waals surface area (Å²) in [6.07, 6.45) is 1.47. The van der Waals surface area contributed by atoms with Crippen LogP contribution < -0.4 is 5.43 Å². The molecule has 0 unspecified atom stereocenters. The van der Waals surface area contributed by atoms with Gasteiger partial charge in [-0.3, -0.25) is 30.2 Å². The van der Waals surface area contributed by atoms with Crippen molar-refractivity contribution in [2.24, 2.45) is 5.10 Å². The van der Waals surface area contributed by atoms with Gasteiger partial charge in [-0.2, -0.15) is 10.4 Å². The highest BCUT2D eigenvalue weighted by molar-refractivity contribution is 5.83. The van der Waals surface area contributed by atoms with Crippen molar-refractivity contribution < 1.29 is 14.3 Å². The monoisotopic (exact) mass is 422 g/mol. The van der Waals surface area contributed by atoms with Crippen molar-refractivity contribution in [1.29, 1.82) is 5.26 Å². The molecular weight excluding hydrogens is 404 g/mol. The van der Waals surface area contributed by atoms with Crippen LogP contribution in [0.3, 0.4) is 0 Å². The van der Waals surface area contributed by atoms with Gasteiger partial charge in [0.25, 0.3) is 5.69 Å². The van der Waals surface area contributed by atoms with Crippen molar-refractivity contribution in [3.05, 3.63) is 78.3 Å². The molecule has 0 amide bonds. The number of nitro benzene ring substituents is 2. The molecule has 0 saturated carbocycles. The molecule has 158 valence electrons. The van der Waals surface area contributed by atoms with Crippen molar-refractivity contribution in [2.75, 3.05) is 5.43 Å². The highest BCUT2D eigenvalue weighted by atomic mass is 16.6. The highest BCUT2D eigenvalue weighted by Crippen LogP contribution is 2.30. The van der Waals surface area contributed by atoms with E-state index in [2.05, 4.69) is 16.6 Å². The summed E-state index contributed by atoms with van der Waals surface area (Å²) in [6, 6.07) is 7.25. The zero-order valence-electron chi connectivity index (χ0n) is 17.2. The number of nitriles is 1. The number of hydrazone groups is 1. The van der Waals surface area contributed by atoms with Crippen LogP contribution in [0.5, 0.6) is 0 Å². The second-order valence-electron chi connectivity index (χ2n) is 6.82. The topological polar surface area (TPSA) is 153 Å². The number of anilines is 1. The average Bonchev–Trinajstić information content (AvgIpc) is 3.15. The molecule has 0 atom stereocenters. The smallest absolute Gasteiger partial charge is 0.301 e. The normalized spacial score (nSPS) is 10.9. The molecule has 0 aliphatic rings. The summed E-state index contributed by atoms with van der Waals surface area (Å²) in [5.74, 6) is 1.08. The number of non-ortho nitro benzene ring substituents is 1. The number of aryl methyl sites for hydroxylation is 2. The van der Waals surface area contributed by atoms with Crippen molar-refractivity contribution in [3.8, 4) is 12.0 Å². The van der Waals surface area contributed by atoms with E-state index in [0.29, 0.717) is 22.8 Å². The Morgan fingerprint density at radius 1 is 1.16 bits per heavy atom. The molecule has 0 bridgehead atoms. The SMILES string of the molecule is Cc1oc(-n2c(C)cc(/C=N/Nc3ccc([N+](=O)[O-])cc3[N+](=O)[O-])c2C)c(C#N)c1C. The molecule has 0 fully saturated rings. The number of furan rings is 1. The molecule has 11 heteroatoms. The fourth-order valence-electron chi connectivity index (χ4n) is 3.18. The Kier molecular flexibility index (Phi) is 5.56. The molecule has 1 N–H and O–H groups in total. The standard InChI is InChI=1S/C20H18N6O5/c1-11-7-15(13(3)24(11)20-17(9-21)12(2)14(4)31-20)10-22-23-18-6-5-16(25(27)28)8-19(18)26(29)30/h5-8,10,23H,1-4H3/b22-10+. The summed E-state index contributed by atoms with van der Waals surface area (Å²) in [5.41, 5.74) is 5.21. The van der Waals surface area contributed by atoms with Crippen LogP contribution in [-0.2, 0) is 0 Å². The Balaban J connectivity index is 1.93. The predicted octanol–water partition coefficient (Wildman–Crippen LogP) is 4.44. The molecule has 0 aliphatic heterocycles. The molecule has 0 saturated heterocycles. The van der Waals surface area contributed by atoms with E-state index in [4.69, 9.17) is 4.42 Å². The van der Waals surface area contributed by atoms with Gasteiger partial charge in [0.15, 0.2) is 0 Å². The Morgan fingerprint density at radius 2 is 1.87 bits per heavy atom. The molecule has 3 rings (SSSR count).